The van der Waals surface area contributed by atoms with E-state index in [0.717, 1.165) is 48.7 Å². The summed E-state index contributed by atoms with van der Waals surface area (Å²) in [5.74, 6) is 0.0956. The van der Waals surface area contributed by atoms with Crippen LogP contribution in [0.3, 0.4) is 0 Å². The number of hydrogen-bond acceptors (Lipinski definition) is 4. The van der Waals surface area contributed by atoms with E-state index in [4.69, 9.17) is 0 Å². The molecule has 1 aromatic carbocycles. The van der Waals surface area contributed by atoms with Crippen LogP contribution in [0.1, 0.15) is 24.2 Å². The summed E-state index contributed by atoms with van der Waals surface area (Å²) in [7, 11) is 0. The predicted molar refractivity (Wildman–Crippen MR) is 98.8 cm³/mol. The molecule has 1 atom stereocenters. The highest BCUT2D eigenvalue weighted by molar-refractivity contribution is 5.93. The molecule has 1 spiro atoms. The van der Waals surface area contributed by atoms with Crippen molar-refractivity contribution in [2.75, 3.05) is 18.4 Å². The van der Waals surface area contributed by atoms with Crippen LogP contribution >= 0.6 is 0 Å². The third-order valence-electron chi connectivity index (χ3n) is 6.06. The van der Waals surface area contributed by atoms with E-state index in [-0.39, 0.29) is 23.2 Å². The predicted octanol–water partition coefficient (Wildman–Crippen LogP) is 2.57. The van der Waals surface area contributed by atoms with E-state index in [9.17, 15) is 10.1 Å². The van der Waals surface area contributed by atoms with Gasteiger partial charge in [0.05, 0.1) is 24.0 Å². The van der Waals surface area contributed by atoms with E-state index in [1.807, 2.05) is 49.0 Å². The number of anilines is 1. The van der Waals surface area contributed by atoms with Gasteiger partial charge in [0.2, 0.25) is 5.91 Å². The van der Waals surface area contributed by atoms with E-state index in [1.165, 1.54) is 0 Å². The van der Waals surface area contributed by atoms with Gasteiger partial charge in [-0.2, -0.15) is 5.26 Å². The Morgan fingerprint density at radius 2 is 2.08 bits per heavy atom. The van der Waals surface area contributed by atoms with Crippen LogP contribution < -0.4 is 10.6 Å². The number of amides is 1. The van der Waals surface area contributed by atoms with Crippen LogP contribution in [0.2, 0.25) is 0 Å². The molecule has 2 aliphatic rings. The zero-order chi connectivity index (χ0) is 18.3. The quantitative estimate of drug-likeness (QED) is 0.892. The lowest BCUT2D eigenvalue weighted by Crippen LogP contribution is -2.47. The van der Waals surface area contributed by atoms with Crippen LogP contribution in [-0.4, -0.2) is 28.5 Å². The lowest BCUT2D eigenvalue weighted by molar-refractivity contribution is -0.127. The number of nitrogens with one attached hydrogen (secondary N) is 2. The summed E-state index contributed by atoms with van der Waals surface area (Å²) < 4.78 is 2.03. The molecule has 1 unspecified atom stereocenters. The molecule has 2 N–H and O–H groups in total. The summed E-state index contributed by atoms with van der Waals surface area (Å²) in [5.41, 5.74) is 3.96. The normalized spacial score (nSPS) is 27.1. The van der Waals surface area contributed by atoms with Gasteiger partial charge in [0, 0.05) is 41.5 Å². The molecule has 134 valence electrons. The van der Waals surface area contributed by atoms with Crippen molar-refractivity contribution < 1.29 is 4.79 Å². The number of aromatic nitrogens is 2. The number of nitrogens with zero attached hydrogens (tertiary/aromatic N) is 3. The first kappa shape index (κ1) is 16.8. The maximum Gasteiger partial charge on any atom is 0.227 e. The Morgan fingerprint density at radius 3 is 2.69 bits per heavy atom. The average molecular weight is 349 g/mol. The van der Waals surface area contributed by atoms with Crippen molar-refractivity contribution in [3.63, 3.8) is 0 Å². The Hall–Kier alpha value is -2.65. The molecule has 6 nitrogen and oxygen atoms in total. The molecule has 1 aliphatic carbocycles. The number of aryl methyl sites for hydroxylation is 1. The van der Waals surface area contributed by atoms with Crippen molar-refractivity contribution in [1.82, 2.24) is 14.9 Å². The third-order valence-corrected chi connectivity index (χ3v) is 6.06. The molecule has 1 saturated heterocycles. The first-order chi connectivity index (χ1) is 12.5. The van der Waals surface area contributed by atoms with Crippen molar-refractivity contribution in [3.05, 3.63) is 42.0 Å². The van der Waals surface area contributed by atoms with Crippen LogP contribution in [-0.2, 0) is 4.79 Å². The summed E-state index contributed by atoms with van der Waals surface area (Å²) in [5, 5.41) is 15.6. The minimum atomic E-state index is 0.00368. The Kier molecular flexibility index (Phi) is 4.04. The van der Waals surface area contributed by atoms with Gasteiger partial charge in [-0.15, -0.1) is 0 Å². The number of carbonyl (C=O) groups is 1. The monoisotopic (exact) mass is 349 g/mol. The molecule has 2 fully saturated rings. The number of carbonyl (C=O) groups excluding carboxylic acids is 1. The van der Waals surface area contributed by atoms with Gasteiger partial charge in [-0.3, -0.25) is 4.79 Å². The molecule has 0 radical (unpaired) electrons. The van der Waals surface area contributed by atoms with Crippen molar-refractivity contribution in [2.24, 2.45) is 17.3 Å². The van der Waals surface area contributed by atoms with Crippen LogP contribution in [0.4, 0.5) is 5.69 Å². The van der Waals surface area contributed by atoms with E-state index < -0.39 is 0 Å². The second kappa shape index (κ2) is 6.26. The van der Waals surface area contributed by atoms with Crippen LogP contribution in [0, 0.1) is 42.4 Å². The zero-order valence-electron chi connectivity index (χ0n) is 15.1. The van der Waals surface area contributed by atoms with E-state index >= 15 is 0 Å². The maximum absolute atomic E-state index is 12.5. The number of hydrogen-bond donors (Lipinski definition) is 2. The molecule has 1 saturated carbocycles. The van der Waals surface area contributed by atoms with Gasteiger partial charge in [-0.05, 0) is 51.0 Å². The van der Waals surface area contributed by atoms with Gasteiger partial charge in [0.25, 0.3) is 0 Å². The molecule has 26 heavy (non-hydrogen) atoms. The maximum atomic E-state index is 12.5. The molecule has 6 heteroatoms. The van der Waals surface area contributed by atoms with Gasteiger partial charge in [0.15, 0.2) is 0 Å². The topological polar surface area (TPSA) is 82.7 Å². The standard InChI is InChI=1S/C20H23N5O/c1-13-14(2)25(12-23-13)18-5-3-17(4-6-18)24-19(26)15-7-20(8-15)11-22-10-16(20)9-21/h3-6,12,15-16,22H,7-8,10-11H2,1-2H3,(H,24,26). The van der Waals surface area contributed by atoms with Gasteiger partial charge in [0.1, 0.15) is 0 Å². The van der Waals surface area contributed by atoms with Gasteiger partial charge in [-0.1, -0.05) is 0 Å². The summed E-state index contributed by atoms with van der Waals surface area (Å²) in [4.78, 5) is 16.8. The number of imidazole rings is 1. The Balaban J connectivity index is 1.39. The summed E-state index contributed by atoms with van der Waals surface area (Å²) >= 11 is 0. The van der Waals surface area contributed by atoms with Crippen molar-refractivity contribution in [2.45, 2.75) is 26.7 Å². The molecule has 4 rings (SSSR count). The van der Waals surface area contributed by atoms with Crippen molar-refractivity contribution >= 4 is 11.6 Å². The van der Waals surface area contributed by atoms with Gasteiger partial charge < -0.3 is 15.2 Å². The molecule has 1 aromatic heterocycles. The van der Waals surface area contributed by atoms with Gasteiger partial charge >= 0.3 is 0 Å². The van der Waals surface area contributed by atoms with E-state index in [0.29, 0.717) is 0 Å². The highest BCUT2D eigenvalue weighted by Crippen LogP contribution is 2.52. The Morgan fingerprint density at radius 1 is 1.35 bits per heavy atom. The highest BCUT2D eigenvalue weighted by atomic mass is 16.1. The fourth-order valence-corrected chi connectivity index (χ4v) is 4.23. The average Bonchev–Trinajstić information content (AvgIpc) is 3.18. The fourth-order valence-electron chi connectivity index (χ4n) is 4.23. The van der Waals surface area contributed by atoms with Crippen LogP contribution in [0.5, 0.6) is 0 Å². The smallest absolute Gasteiger partial charge is 0.227 e. The molecule has 1 aliphatic heterocycles. The number of benzene rings is 1. The SMILES string of the molecule is Cc1ncn(-c2ccc(NC(=O)C3CC4(CNCC4C#N)C3)cc2)c1C. The highest BCUT2D eigenvalue weighted by Gasteiger charge is 2.54. The number of nitriles is 1. The summed E-state index contributed by atoms with van der Waals surface area (Å²) in [6.07, 6.45) is 3.42. The Bertz CT molecular complexity index is 871. The first-order valence-corrected chi connectivity index (χ1v) is 9.04. The van der Waals surface area contributed by atoms with Crippen molar-refractivity contribution in [3.8, 4) is 11.8 Å². The Labute approximate surface area is 153 Å². The summed E-state index contributed by atoms with van der Waals surface area (Å²) in [6, 6.07) is 10.2. The minimum absolute atomic E-state index is 0.00368. The minimum Gasteiger partial charge on any atom is -0.326 e. The molecule has 2 aromatic rings. The van der Waals surface area contributed by atoms with Gasteiger partial charge in [-0.25, -0.2) is 4.98 Å². The molecule has 2 heterocycles. The number of rotatable bonds is 3. The molecule has 0 bridgehead atoms. The largest absolute Gasteiger partial charge is 0.326 e. The second-order valence-electron chi connectivity index (χ2n) is 7.60. The first-order valence-electron chi connectivity index (χ1n) is 9.04. The fraction of sp³-hybridized carbons (Fsp3) is 0.450. The van der Waals surface area contributed by atoms with Crippen molar-refractivity contribution in [1.29, 1.82) is 5.26 Å². The summed E-state index contributed by atoms with van der Waals surface area (Å²) in [6.45, 7) is 5.63. The zero-order valence-corrected chi connectivity index (χ0v) is 15.1. The molecular formula is C20H23N5O. The van der Waals surface area contributed by atoms with E-state index in [1.54, 1.807) is 0 Å². The van der Waals surface area contributed by atoms with E-state index in [2.05, 4.69) is 21.7 Å². The third kappa shape index (κ3) is 2.69. The lowest BCUT2D eigenvalue weighted by atomic mass is 9.57. The van der Waals surface area contributed by atoms with Crippen LogP contribution in [0.25, 0.3) is 5.69 Å². The molecular weight excluding hydrogens is 326 g/mol. The van der Waals surface area contributed by atoms with Crippen LogP contribution in [0.15, 0.2) is 30.6 Å². The second-order valence-corrected chi connectivity index (χ2v) is 7.60. The lowest BCUT2D eigenvalue weighted by Gasteiger charge is -2.45. The molecule has 1 amide bonds.